The van der Waals surface area contributed by atoms with Gasteiger partial charge in [-0.25, -0.2) is 15.0 Å². The van der Waals surface area contributed by atoms with Crippen molar-refractivity contribution in [3.05, 3.63) is 23.0 Å². The maximum atomic E-state index is 9.98. The highest BCUT2D eigenvalue weighted by Gasteiger charge is 2.38. The molecule has 0 unspecified atom stereocenters. The lowest BCUT2D eigenvalue weighted by molar-refractivity contribution is 0.133. The number of pyridine rings is 1. The molecule has 2 aliphatic heterocycles. The Morgan fingerprint density at radius 3 is 2.87 bits per heavy atom. The number of ether oxygens (including phenoxy) is 1. The molecule has 0 aliphatic carbocycles. The summed E-state index contributed by atoms with van der Waals surface area (Å²) in [6.07, 6.45) is 4.84. The number of hydrogen-bond acceptors (Lipinski definition) is 9. The highest BCUT2D eigenvalue weighted by Crippen LogP contribution is 2.41. The number of halogens is 1. The molecular formula is C19H22ClN7O2S. The number of nitrogens with zero attached hydrogens (tertiary/aromatic N) is 5. The summed E-state index contributed by atoms with van der Waals surface area (Å²) in [5.41, 5.74) is 7.81. The molecule has 9 nitrogen and oxygen atoms in total. The number of aromatic nitrogens is 5. The van der Waals surface area contributed by atoms with Crippen molar-refractivity contribution in [1.82, 2.24) is 25.1 Å². The SMILES string of the molecule is Nc1nccc(Sc2n[nH]c3nc(N4CCC5(CCOC5)CC4)c(CO)nc23)c1Cl. The first kappa shape index (κ1) is 19.8. The Hall–Kier alpha value is -2.14. The van der Waals surface area contributed by atoms with Crippen LogP contribution < -0.4 is 10.6 Å². The van der Waals surface area contributed by atoms with Crippen LogP contribution in [-0.4, -0.2) is 56.6 Å². The van der Waals surface area contributed by atoms with Gasteiger partial charge in [-0.3, -0.25) is 5.10 Å². The molecule has 2 aliphatic rings. The van der Waals surface area contributed by atoms with Gasteiger partial charge in [0.05, 0.1) is 18.2 Å². The van der Waals surface area contributed by atoms with Crippen molar-refractivity contribution in [2.75, 3.05) is 36.9 Å². The fraction of sp³-hybridized carbons (Fsp3) is 0.474. The van der Waals surface area contributed by atoms with Crippen LogP contribution in [0.15, 0.2) is 22.2 Å². The van der Waals surface area contributed by atoms with Gasteiger partial charge in [0.2, 0.25) is 0 Å². The predicted molar refractivity (Wildman–Crippen MR) is 115 cm³/mol. The van der Waals surface area contributed by atoms with Crippen LogP contribution in [0.5, 0.6) is 0 Å². The first-order valence-corrected chi connectivity index (χ1v) is 11.0. The zero-order valence-corrected chi connectivity index (χ0v) is 17.8. The third kappa shape index (κ3) is 3.47. The summed E-state index contributed by atoms with van der Waals surface area (Å²) < 4.78 is 5.63. The maximum Gasteiger partial charge on any atom is 0.177 e. The minimum Gasteiger partial charge on any atom is -0.390 e. The van der Waals surface area contributed by atoms with Crippen molar-refractivity contribution in [2.24, 2.45) is 5.41 Å². The second-order valence-electron chi connectivity index (χ2n) is 7.78. The number of nitrogens with two attached hydrogens (primary N) is 1. The van der Waals surface area contributed by atoms with Crippen molar-refractivity contribution < 1.29 is 9.84 Å². The molecule has 0 amide bonds. The van der Waals surface area contributed by atoms with E-state index in [-0.39, 0.29) is 12.4 Å². The quantitative estimate of drug-likeness (QED) is 0.553. The number of aliphatic hydroxyl groups is 1. The molecule has 0 atom stereocenters. The van der Waals surface area contributed by atoms with Gasteiger partial charge in [-0.15, -0.1) is 0 Å². The highest BCUT2D eigenvalue weighted by molar-refractivity contribution is 7.99. The van der Waals surface area contributed by atoms with Gasteiger partial charge < -0.3 is 20.5 Å². The minimum atomic E-state index is -0.193. The number of rotatable bonds is 4. The van der Waals surface area contributed by atoms with E-state index in [2.05, 4.69) is 25.1 Å². The fourth-order valence-electron chi connectivity index (χ4n) is 4.14. The third-order valence-electron chi connectivity index (χ3n) is 5.96. The van der Waals surface area contributed by atoms with Gasteiger partial charge in [0.25, 0.3) is 0 Å². The van der Waals surface area contributed by atoms with E-state index in [0.717, 1.165) is 50.5 Å². The molecule has 0 radical (unpaired) electrons. The fourth-order valence-corrected chi connectivity index (χ4v) is 5.23. The summed E-state index contributed by atoms with van der Waals surface area (Å²) in [5.74, 6) is 0.978. The number of aliphatic hydroxyl groups excluding tert-OH is 1. The molecule has 30 heavy (non-hydrogen) atoms. The molecule has 11 heteroatoms. The summed E-state index contributed by atoms with van der Waals surface area (Å²) in [4.78, 5) is 16.4. The second-order valence-corrected chi connectivity index (χ2v) is 9.19. The molecular weight excluding hydrogens is 426 g/mol. The van der Waals surface area contributed by atoms with Crippen LogP contribution in [0, 0.1) is 5.41 Å². The van der Waals surface area contributed by atoms with E-state index in [1.54, 1.807) is 12.3 Å². The van der Waals surface area contributed by atoms with Crippen LogP contribution in [0.2, 0.25) is 5.02 Å². The molecule has 3 aromatic rings. The summed E-state index contributed by atoms with van der Waals surface area (Å²) in [6, 6.07) is 1.77. The average molecular weight is 448 g/mol. The van der Waals surface area contributed by atoms with E-state index in [1.165, 1.54) is 11.8 Å². The molecule has 4 N–H and O–H groups in total. The molecule has 5 rings (SSSR count). The van der Waals surface area contributed by atoms with E-state index in [4.69, 9.17) is 27.1 Å². The predicted octanol–water partition coefficient (Wildman–Crippen LogP) is 2.63. The molecule has 158 valence electrons. The van der Waals surface area contributed by atoms with E-state index >= 15 is 0 Å². The molecule has 0 bridgehead atoms. The Morgan fingerprint density at radius 2 is 2.13 bits per heavy atom. The third-order valence-corrected chi connectivity index (χ3v) is 7.51. The number of aromatic amines is 1. The van der Waals surface area contributed by atoms with Gasteiger partial charge in [-0.1, -0.05) is 23.4 Å². The first-order valence-electron chi connectivity index (χ1n) is 9.85. The normalized spacial score (nSPS) is 18.5. The molecule has 3 aromatic heterocycles. The van der Waals surface area contributed by atoms with Crippen LogP contribution in [-0.2, 0) is 11.3 Å². The lowest BCUT2D eigenvalue weighted by atomic mass is 9.78. The lowest BCUT2D eigenvalue weighted by Gasteiger charge is -2.39. The molecule has 2 fully saturated rings. The lowest BCUT2D eigenvalue weighted by Crippen LogP contribution is -2.41. The number of hydrogen-bond donors (Lipinski definition) is 3. The number of nitrogen functional groups attached to an aromatic ring is 1. The zero-order valence-electron chi connectivity index (χ0n) is 16.3. The van der Waals surface area contributed by atoms with E-state index in [0.29, 0.717) is 38.1 Å². The minimum absolute atomic E-state index is 0.193. The summed E-state index contributed by atoms with van der Waals surface area (Å²) >= 11 is 7.59. The van der Waals surface area contributed by atoms with Gasteiger partial charge in [-0.05, 0) is 30.7 Å². The zero-order chi connectivity index (χ0) is 20.7. The Bertz CT molecular complexity index is 1080. The van der Waals surface area contributed by atoms with Gasteiger partial charge in [-0.2, -0.15) is 5.10 Å². The van der Waals surface area contributed by atoms with E-state index < -0.39 is 0 Å². The van der Waals surface area contributed by atoms with Gasteiger partial charge in [0.15, 0.2) is 16.5 Å². The monoisotopic (exact) mass is 447 g/mol. The highest BCUT2D eigenvalue weighted by atomic mass is 35.5. The molecule has 1 spiro atoms. The Balaban J connectivity index is 1.43. The number of H-pyrrole nitrogens is 1. The van der Waals surface area contributed by atoms with Gasteiger partial charge >= 0.3 is 0 Å². The van der Waals surface area contributed by atoms with Crippen LogP contribution in [0.25, 0.3) is 11.2 Å². The average Bonchev–Trinajstić information content (AvgIpc) is 3.38. The topological polar surface area (TPSA) is 126 Å². The Labute approximate surface area is 182 Å². The molecule has 5 heterocycles. The maximum absolute atomic E-state index is 9.98. The van der Waals surface area contributed by atoms with Gasteiger partial charge in [0, 0.05) is 30.8 Å². The number of anilines is 2. The van der Waals surface area contributed by atoms with Crippen LogP contribution in [0.3, 0.4) is 0 Å². The van der Waals surface area contributed by atoms with Crippen molar-refractivity contribution in [2.45, 2.75) is 35.8 Å². The van der Waals surface area contributed by atoms with E-state index in [9.17, 15) is 5.11 Å². The summed E-state index contributed by atoms with van der Waals surface area (Å²) in [6.45, 7) is 3.26. The smallest absolute Gasteiger partial charge is 0.177 e. The second kappa shape index (κ2) is 7.84. The number of piperidine rings is 1. The van der Waals surface area contributed by atoms with Crippen LogP contribution >= 0.6 is 23.4 Å². The van der Waals surface area contributed by atoms with Crippen molar-refractivity contribution in [1.29, 1.82) is 0 Å². The largest absolute Gasteiger partial charge is 0.390 e. The van der Waals surface area contributed by atoms with Crippen molar-refractivity contribution >= 4 is 46.2 Å². The number of nitrogens with one attached hydrogen (secondary N) is 1. The Morgan fingerprint density at radius 1 is 1.30 bits per heavy atom. The molecule has 2 saturated heterocycles. The van der Waals surface area contributed by atoms with Gasteiger partial charge in [0.1, 0.15) is 17.0 Å². The number of fused-ring (bicyclic) bond motifs is 1. The van der Waals surface area contributed by atoms with Crippen molar-refractivity contribution in [3.8, 4) is 0 Å². The van der Waals surface area contributed by atoms with Crippen molar-refractivity contribution in [3.63, 3.8) is 0 Å². The summed E-state index contributed by atoms with van der Waals surface area (Å²) in [5, 5.41) is 18.3. The first-order chi connectivity index (χ1) is 14.6. The van der Waals surface area contributed by atoms with Crippen LogP contribution in [0.4, 0.5) is 11.6 Å². The molecule has 0 saturated carbocycles. The standard InChI is InChI=1S/C19H22ClN7O2S/c20-13-12(1-5-22-15(13)21)30-18-14-16(25-26-18)24-17(11(9-28)23-14)27-6-2-19(3-7-27)4-8-29-10-19/h1,5,28H,2-4,6-10H2,(H2,21,22)(H,24,25,26). The summed E-state index contributed by atoms with van der Waals surface area (Å²) in [7, 11) is 0. The molecule has 0 aromatic carbocycles. The van der Waals surface area contributed by atoms with E-state index in [1.807, 2.05) is 0 Å². The van der Waals surface area contributed by atoms with Crippen LogP contribution in [0.1, 0.15) is 25.0 Å². The Kier molecular flexibility index (Phi) is 5.18.